The molecule has 1 unspecified atom stereocenters. The van der Waals surface area contributed by atoms with Crippen molar-refractivity contribution >= 4 is 11.6 Å². The second kappa shape index (κ2) is 9.31. The van der Waals surface area contributed by atoms with Crippen molar-refractivity contribution in [2.75, 3.05) is 24.6 Å². The van der Waals surface area contributed by atoms with Gasteiger partial charge in [0.15, 0.2) is 6.10 Å². The topological polar surface area (TPSA) is 50.8 Å². The molecular formula is C22H28N2O3. The van der Waals surface area contributed by atoms with Crippen molar-refractivity contribution in [3.63, 3.8) is 0 Å². The lowest BCUT2D eigenvalue weighted by molar-refractivity contribution is -0.128. The molecule has 0 fully saturated rings. The van der Waals surface area contributed by atoms with Crippen molar-refractivity contribution in [3.05, 3.63) is 54.6 Å². The van der Waals surface area contributed by atoms with Crippen LogP contribution in [0, 0.1) is 0 Å². The third kappa shape index (κ3) is 4.94. The van der Waals surface area contributed by atoms with Gasteiger partial charge < -0.3 is 19.7 Å². The molecule has 1 aliphatic rings. The van der Waals surface area contributed by atoms with Gasteiger partial charge in [0.05, 0.1) is 18.8 Å². The fourth-order valence-corrected chi connectivity index (χ4v) is 3.23. The Morgan fingerprint density at radius 2 is 1.85 bits per heavy atom. The zero-order valence-electron chi connectivity index (χ0n) is 16.1. The van der Waals surface area contributed by atoms with Crippen LogP contribution in [0.4, 0.5) is 5.69 Å². The predicted octanol–water partition coefficient (Wildman–Crippen LogP) is 3.64. The first-order valence-corrected chi connectivity index (χ1v) is 9.70. The molecular weight excluding hydrogens is 340 g/mol. The van der Waals surface area contributed by atoms with Crippen LogP contribution in [0.3, 0.4) is 0 Å². The van der Waals surface area contributed by atoms with E-state index in [-0.39, 0.29) is 11.9 Å². The zero-order valence-corrected chi connectivity index (χ0v) is 16.1. The zero-order chi connectivity index (χ0) is 19.1. The Hall–Kier alpha value is -2.69. The standard InChI is InChI=1S/C22H28N2O3/c1-3-17(4-2)23-22(25)21-16-24(19-12-8-9-13-20(19)27-21)14-15-26-18-10-6-5-7-11-18/h5-13,17,21H,3-4,14-16H2,1-2H3,(H,23,25). The van der Waals surface area contributed by atoms with Crippen LogP contribution in [0.15, 0.2) is 54.6 Å². The van der Waals surface area contributed by atoms with Crippen LogP contribution in [0.2, 0.25) is 0 Å². The van der Waals surface area contributed by atoms with Crippen LogP contribution in [0.25, 0.3) is 0 Å². The number of fused-ring (bicyclic) bond motifs is 1. The Morgan fingerprint density at radius 1 is 1.15 bits per heavy atom. The highest BCUT2D eigenvalue weighted by molar-refractivity contribution is 5.83. The van der Waals surface area contributed by atoms with E-state index in [1.165, 1.54) is 0 Å². The largest absolute Gasteiger partial charge is 0.492 e. The number of para-hydroxylation sites is 3. The molecule has 1 atom stereocenters. The van der Waals surface area contributed by atoms with Gasteiger partial charge in [-0.15, -0.1) is 0 Å². The molecule has 0 aliphatic carbocycles. The maximum absolute atomic E-state index is 12.7. The molecule has 1 aliphatic heterocycles. The summed E-state index contributed by atoms with van der Waals surface area (Å²) in [5.41, 5.74) is 1.00. The van der Waals surface area contributed by atoms with Crippen LogP contribution in [-0.2, 0) is 4.79 Å². The monoisotopic (exact) mass is 368 g/mol. The number of hydrogen-bond donors (Lipinski definition) is 1. The van der Waals surface area contributed by atoms with Gasteiger partial charge in [0.2, 0.25) is 0 Å². The highest BCUT2D eigenvalue weighted by Crippen LogP contribution is 2.33. The maximum Gasteiger partial charge on any atom is 0.263 e. The van der Waals surface area contributed by atoms with E-state index < -0.39 is 6.10 Å². The van der Waals surface area contributed by atoms with E-state index in [9.17, 15) is 4.79 Å². The fraction of sp³-hybridized carbons (Fsp3) is 0.409. The molecule has 1 N–H and O–H groups in total. The summed E-state index contributed by atoms with van der Waals surface area (Å²) in [5, 5.41) is 3.10. The molecule has 0 aromatic heterocycles. The van der Waals surface area contributed by atoms with Gasteiger partial charge in [-0.05, 0) is 37.1 Å². The smallest absolute Gasteiger partial charge is 0.263 e. The van der Waals surface area contributed by atoms with Gasteiger partial charge >= 0.3 is 0 Å². The van der Waals surface area contributed by atoms with Gasteiger partial charge in [-0.3, -0.25) is 4.79 Å². The second-order valence-corrected chi connectivity index (χ2v) is 6.70. The number of carbonyl (C=O) groups excluding carboxylic acids is 1. The predicted molar refractivity (Wildman–Crippen MR) is 108 cm³/mol. The Kier molecular flexibility index (Phi) is 6.58. The second-order valence-electron chi connectivity index (χ2n) is 6.70. The molecule has 5 nitrogen and oxygen atoms in total. The first-order valence-electron chi connectivity index (χ1n) is 9.70. The van der Waals surface area contributed by atoms with Crippen LogP contribution in [0.5, 0.6) is 11.5 Å². The Bertz CT molecular complexity index is 731. The molecule has 27 heavy (non-hydrogen) atoms. The van der Waals surface area contributed by atoms with Crippen LogP contribution in [-0.4, -0.2) is 37.7 Å². The van der Waals surface area contributed by atoms with E-state index in [0.717, 1.165) is 30.0 Å². The lowest BCUT2D eigenvalue weighted by atomic mass is 10.1. The molecule has 0 spiro atoms. The number of nitrogens with zero attached hydrogens (tertiary/aromatic N) is 1. The minimum atomic E-state index is -0.516. The fourth-order valence-electron chi connectivity index (χ4n) is 3.23. The lowest BCUT2D eigenvalue weighted by Crippen LogP contribution is -2.51. The molecule has 0 saturated heterocycles. The van der Waals surface area contributed by atoms with Gasteiger partial charge in [0.1, 0.15) is 18.1 Å². The van der Waals surface area contributed by atoms with Crippen molar-refractivity contribution in [2.45, 2.75) is 38.8 Å². The van der Waals surface area contributed by atoms with E-state index in [0.29, 0.717) is 19.7 Å². The summed E-state index contributed by atoms with van der Waals surface area (Å²) < 4.78 is 11.8. The summed E-state index contributed by atoms with van der Waals surface area (Å²) in [6.45, 7) is 5.90. The number of nitrogens with one attached hydrogen (secondary N) is 1. The normalized spacial score (nSPS) is 15.8. The average Bonchev–Trinajstić information content (AvgIpc) is 2.72. The highest BCUT2D eigenvalue weighted by Gasteiger charge is 2.31. The summed E-state index contributed by atoms with van der Waals surface area (Å²) in [4.78, 5) is 14.8. The van der Waals surface area contributed by atoms with E-state index >= 15 is 0 Å². The summed E-state index contributed by atoms with van der Waals surface area (Å²) in [5.74, 6) is 1.54. The molecule has 144 valence electrons. The summed E-state index contributed by atoms with van der Waals surface area (Å²) in [7, 11) is 0. The van der Waals surface area contributed by atoms with Gasteiger partial charge in [-0.1, -0.05) is 44.2 Å². The first-order chi connectivity index (χ1) is 13.2. The Balaban J connectivity index is 1.66. The van der Waals surface area contributed by atoms with Crippen molar-refractivity contribution in [1.29, 1.82) is 0 Å². The summed E-state index contributed by atoms with van der Waals surface area (Å²) >= 11 is 0. The number of anilines is 1. The van der Waals surface area contributed by atoms with E-state index in [1.54, 1.807) is 0 Å². The van der Waals surface area contributed by atoms with Crippen molar-refractivity contribution in [1.82, 2.24) is 5.32 Å². The molecule has 2 aromatic carbocycles. The molecule has 0 radical (unpaired) electrons. The van der Waals surface area contributed by atoms with Crippen LogP contribution in [0.1, 0.15) is 26.7 Å². The highest BCUT2D eigenvalue weighted by atomic mass is 16.5. The minimum Gasteiger partial charge on any atom is -0.492 e. The molecule has 5 heteroatoms. The van der Waals surface area contributed by atoms with E-state index in [2.05, 4.69) is 24.1 Å². The number of benzene rings is 2. The van der Waals surface area contributed by atoms with Gasteiger partial charge in [0.25, 0.3) is 5.91 Å². The quantitative estimate of drug-likeness (QED) is 0.773. The number of rotatable bonds is 8. The molecule has 3 rings (SSSR count). The third-order valence-corrected chi connectivity index (χ3v) is 4.86. The first kappa shape index (κ1) is 19.1. The molecule has 1 amide bonds. The van der Waals surface area contributed by atoms with Gasteiger partial charge in [-0.2, -0.15) is 0 Å². The number of ether oxygens (including phenoxy) is 2. The minimum absolute atomic E-state index is 0.0489. The Morgan fingerprint density at radius 3 is 2.59 bits per heavy atom. The molecule has 0 bridgehead atoms. The summed E-state index contributed by atoms with van der Waals surface area (Å²) in [6, 6.07) is 17.8. The SMILES string of the molecule is CCC(CC)NC(=O)C1CN(CCOc2ccccc2)c2ccccc2O1. The number of carbonyl (C=O) groups is 1. The average molecular weight is 368 g/mol. The van der Waals surface area contributed by atoms with Crippen molar-refractivity contribution < 1.29 is 14.3 Å². The lowest BCUT2D eigenvalue weighted by Gasteiger charge is -2.36. The third-order valence-electron chi connectivity index (χ3n) is 4.86. The molecule has 0 saturated carbocycles. The maximum atomic E-state index is 12.7. The van der Waals surface area contributed by atoms with Crippen molar-refractivity contribution in [3.8, 4) is 11.5 Å². The van der Waals surface area contributed by atoms with E-state index in [4.69, 9.17) is 9.47 Å². The van der Waals surface area contributed by atoms with E-state index in [1.807, 2.05) is 54.6 Å². The number of amides is 1. The van der Waals surface area contributed by atoms with Crippen molar-refractivity contribution in [2.24, 2.45) is 0 Å². The van der Waals surface area contributed by atoms with Crippen LogP contribution >= 0.6 is 0 Å². The molecule has 1 heterocycles. The van der Waals surface area contributed by atoms with Gasteiger partial charge in [-0.25, -0.2) is 0 Å². The summed E-state index contributed by atoms with van der Waals surface area (Å²) in [6.07, 6.45) is 1.32. The van der Waals surface area contributed by atoms with Crippen LogP contribution < -0.4 is 19.7 Å². The Labute approximate surface area is 161 Å². The molecule has 2 aromatic rings. The van der Waals surface area contributed by atoms with Gasteiger partial charge in [0, 0.05) is 6.04 Å². The number of hydrogen-bond acceptors (Lipinski definition) is 4.